The van der Waals surface area contributed by atoms with Crippen molar-refractivity contribution in [3.05, 3.63) is 55.9 Å². The number of benzene rings is 1. The number of aryl methyl sites for hydroxylation is 1. The Hall–Kier alpha value is -0.750. The average Bonchev–Trinajstić information content (AvgIpc) is 2.79. The molecule has 1 N–H and O–H groups in total. The smallest absolute Gasteiger partial charge is 0.127 e. The van der Waals surface area contributed by atoms with E-state index in [-0.39, 0.29) is 5.82 Å². The van der Waals surface area contributed by atoms with Gasteiger partial charge >= 0.3 is 0 Å². The molecular formula is C16H19BrFNOS. The second-order valence-corrected chi connectivity index (χ2v) is 7.20. The highest BCUT2D eigenvalue weighted by atomic mass is 79.9. The summed E-state index contributed by atoms with van der Waals surface area (Å²) in [5, 5.41) is 11.7. The molecule has 5 heteroatoms. The van der Waals surface area contributed by atoms with Gasteiger partial charge in [0.2, 0.25) is 0 Å². The van der Waals surface area contributed by atoms with E-state index in [1.54, 1.807) is 30.4 Å². The lowest BCUT2D eigenvalue weighted by molar-refractivity contribution is 0.118. The van der Waals surface area contributed by atoms with Gasteiger partial charge in [-0.3, -0.25) is 4.90 Å². The zero-order valence-electron chi connectivity index (χ0n) is 12.1. The van der Waals surface area contributed by atoms with E-state index >= 15 is 0 Å². The Morgan fingerprint density at radius 1 is 1.33 bits per heavy atom. The Bertz CT molecular complexity index is 600. The number of aliphatic hydroxyl groups is 1. The molecule has 0 aliphatic heterocycles. The number of aliphatic hydroxyl groups excluding tert-OH is 1. The molecule has 2 nitrogen and oxygen atoms in total. The first-order valence-corrected chi connectivity index (χ1v) is 8.50. The lowest BCUT2D eigenvalue weighted by Crippen LogP contribution is -2.30. The van der Waals surface area contributed by atoms with Crippen LogP contribution >= 0.6 is 27.3 Å². The first-order chi connectivity index (χ1) is 9.95. The Morgan fingerprint density at radius 2 is 2.10 bits per heavy atom. The minimum Gasteiger partial charge on any atom is -0.392 e. The van der Waals surface area contributed by atoms with E-state index in [1.807, 2.05) is 0 Å². The van der Waals surface area contributed by atoms with Gasteiger partial charge in [-0.05, 0) is 49.1 Å². The fourth-order valence-electron chi connectivity index (χ4n) is 2.23. The van der Waals surface area contributed by atoms with Gasteiger partial charge in [0.1, 0.15) is 5.82 Å². The lowest BCUT2D eigenvalue weighted by atomic mass is 10.2. The molecule has 21 heavy (non-hydrogen) atoms. The van der Waals surface area contributed by atoms with Crippen LogP contribution in [0.2, 0.25) is 0 Å². The zero-order valence-corrected chi connectivity index (χ0v) is 14.5. The van der Waals surface area contributed by atoms with E-state index in [0.29, 0.717) is 18.7 Å². The summed E-state index contributed by atoms with van der Waals surface area (Å²) in [6.45, 7) is 5.55. The molecule has 0 amide bonds. The van der Waals surface area contributed by atoms with Crippen molar-refractivity contribution in [2.24, 2.45) is 0 Å². The van der Waals surface area contributed by atoms with Gasteiger partial charge in [-0.1, -0.05) is 15.9 Å². The number of hydrogen-bond acceptors (Lipinski definition) is 3. The van der Waals surface area contributed by atoms with Crippen molar-refractivity contribution in [3.63, 3.8) is 0 Å². The third-order valence-corrected chi connectivity index (χ3v) is 4.76. The van der Waals surface area contributed by atoms with Crippen molar-refractivity contribution >= 4 is 27.3 Å². The van der Waals surface area contributed by atoms with E-state index in [2.05, 4.69) is 39.2 Å². The average molecular weight is 372 g/mol. The highest BCUT2D eigenvalue weighted by molar-refractivity contribution is 9.10. The fraction of sp³-hybridized carbons (Fsp3) is 0.375. The zero-order chi connectivity index (χ0) is 15.4. The fourth-order valence-corrected chi connectivity index (χ4v) is 3.59. The largest absolute Gasteiger partial charge is 0.392 e. The number of nitrogens with zero attached hydrogens (tertiary/aromatic N) is 1. The van der Waals surface area contributed by atoms with Crippen molar-refractivity contribution in [3.8, 4) is 0 Å². The van der Waals surface area contributed by atoms with Crippen LogP contribution in [0, 0.1) is 12.7 Å². The van der Waals surface area contributed by atoms with Crippen molar-refractivity contribution < 1.29 is 9.50 Å². The predicted octanol–water partition coefficient (Wildman–Crippen LogP) is 4.34. The molecule has 0 saturated heterocycles. The molecular weight excluding hydrogens is 353 g/mol. The van der Waals surface area contributed by atoms with Crippen LogP contribution in [0.3, 0.4) is 0 Å². The molecule has 1 atom stereocenters. The number of thiophene rings is 1. The van der Waals surface area contributed by atoms with Crippen molar-refractivity contribution in [2.45, 2.75) is 33.0 Å². The maximum Gasteiger partial charge on any atom is 0.127 e. The van der Waals surface area contributed by atoms with Crippen LogP contribution in [0.25, 0.3) is 0 Å². The second-order valence-electron chi connectivity index (χ2n) is 5.28. The summed E-state index contributed by atoms with van der Waals surface area (Å²) in [6, 6.07) is 7.05. The summed E-state index contributed by atoms with van der Waals surface area (Å²) >= 11 is 5.07. The van der Waals surface area contributed by atoms with Gasteiger partial charge in [0.05, 0.1) is 6.10 Å². The Labute approximate surface area is 137 Å². The van der Waals surface area contributed by atoms with E-state index in [0.717, 1.165) is 11.0 Å². The molecule has 0 bridgehead atoms. The van der Waals surface area contributed by atoms with Gasteiger partial charge in [-0.25, -0.2) is 4.39 Å². The minimum atomic E-state index is -0.444. The van der Waals surface area contributed by atoms with Crippen LogP contribution < -0.4 is 0 Å². The van der Waals surface area contributed by atoms with Crippen LogP contribution in [-0.2, 0) is 13.1 Å². The predicted molar refractivity (Wildman–Crippen MR) is 89.0 cm³/mol. The normalized spacial score (nSPS) is 12.9. The molecule has 1 aromatic carbocycles. The van der Waals surface area contributed by atoms with Gasteiger partial charge in [0.25, 0.3) is 0 Å². The molecule has 1 heterocycles. The molecule has 2 rings (SSSR count). The minimum absolute atomic E-state index is 0.211. The van der Waals surface area contributed by atoms with Gasteiger partial charge in [-0.2, -0.15) is 0 Å². The molecule has 0 aliphatic rings. The first kappa shape index (κ1) is 16.6. The van der Waals surface area contributed by atoms with Crippen LogP contribution in [0.5, 0.6) is 0 Å². The van der Waals surface area contributed by atoms with E-state index in [4.69, 9.17) is 0 Å². The number of hydrogen-bond donors (Lipinski definition) is 1. The van der Waals surface area contributed by atoms with Crippen molar-refractivity contribution in [1.29, 1.82) is 0 Å². The highest BCUT2D eigenvalue weighted by Crippen LogP contribution is 2.22. The third kappa shape index (κ3) is 4.88. The van der Waals surface area contributed by atoms with E-state index in [9.17, 15) is 9.50 Å². The molecule has 1 unspecified atom stereocenters. The van der Waals surface area contributed by atoms with Gasteiger partial charge < -0.3 is 5.11 Å². The Balaban J connectivity index is 2.16. The van der Waals surface area contributed by atoms with Crippen LogP contribution in [-0.4, -0.2) is 22.7 Å². The number of rotatable bonds is 6. The quantitative estimate of drug-likeness (QED) is 0.816. The van der Waals surface area contributed by atoms with Gasteiger partial charge in [0.15, 0.2) is 0 Å². The Morgan fingerprint density at radius 3 is 2.71 bits per heavy atom. The van der Waals surface area contributed by atoms with Crippen molar-refractivity contribution in [2.75, 3.05) is 6.54 Å². The first-order valence-electron chi connectivity index (χ1n) is 6.83. The molecule has 0 aliphatic carbocycles. The maximum absolute atomic E-state index is 13.9. The van der Waals surface area contributed by atoms with E-state index in [1.165, 1.54) is 16.5 Å². The topological polar surface area (TPSA) is 23.5 Å². The van der Waals surface area contributed by atoms with Gasteiger partial charge in [-0.15, -0.1) is 11.3 Å². The van der Waals surface area contributed by atoms with Crippen molar-refractivity contribution in [1.82, 2.24) is 4.90 Å². The molecule has 2 aromatic rings. The maximum atomic E-state index is 13.9. The summed E-state index contributed by atoms with van der Waals surface area (Å²) in [7, 11) is 0. The monoisotopic (exact) mass is 371 g/mol. The molecule has 1 aromatic heterocycles. The summed E-state index contributed by atoms with van der Waals surface area (Å²) in [5.74, 6) is -0.211. The van der Waals surface area contributed by atoms with Crippen LogP contribution in [0.4, 0.5) is 4.39 Å². The summed E-state index contributed by atoms with van der Waals surface area (Å²) in [5.41, 5.74) is 1.88. The lowest BCUT2D eigenvalue weighted by Gasteiger charge is -2.24. The van der Waals surface area contributed by atoms with Gasteiger partial charge in [0, 0.05) is 34.5 Å². The molecule has 0 fully saturated rings. The third-order valence-electron chi connectivity index (χ3n) is 3.26. The summed E-state index contributed by atoms with van der Waals surface area (Å²) in [6.07, 6.45) is -0.444. The standard InChI is InChI=1S/C16H19BrFNOS/c1-11-5-6-21-16(11)10-19(8-12(2)20)9-13-7-14(17)3-4-15(13)18/h3-7,12,20H,8-10H2,1-2H3. The van der Waals surface area contributed by atoms with Crippen LogP contribution in [0.15, 0.2) is 34.1 Å². The SMILES string of the molecule is Cc1ccsc1CN(Cc1cc(Br)ccc1F)CC(C)O. The summed E-state index contributed by atoms with van der Waals surface area (Å²) in [4.78, 5) is 3.33. The molecule has 114 valence electrons. The summed E-state index contributed by atoms with van der Waals surface area (Å²) < 4.78 is 14.8. The Kier molecular flexibility index (Phi) is 5.93. The molecule has 0 radical (unpaired) electrons. The highest BCUT2D eigenvalue weighted by Gasteiger charge is 2.14. The second kappa shape index (κ2) is 7.49. The molecule has 0 saturated carbocycles. The number of halogens is 2. The molecule has 0 spiro atoms. The van der Waals surface area contributed by atoms with E-state index < -0.39 is 6.10 Å². The van der Waals surface area contributed by atoms with Crippen LogP contribution in [0.1, 0.15) is 22.9 Å².